The van der Waals surface area contributed by atoms with Gasteiger partial charge in [-0.1, -0.05) is 60.7 Å². The van der Waals surface area contributed by atoms with E-state index in [0.29, 0.717) is 0 Å². The summed E-state index contributed by atoms with van der Waals surface area (Å²) in [6.07, 6.45) is 7.70. The maximum absolute atomic E-state index is 4.74. The van der Waals surface area contributed by atoms with Crippen LogP contribution in [0.25, 0.3) is 39.0 Å². The van der Waals surface area contributed by atoms with E-state index >= 15 is 0 Å². The molecule has 4 aromatic carbocycles. The molecule has 0 saturated heterocycles. The lowest BCUT2D eigenvalue weighted by Crippen LogP contribution is -2.12. The Balaban J connectivity index is 1.41. The number of benzene rings is 4. The van der Waals surface area contributed by atoms with Crippen LogP contribution in [0.1, 0.15) is 11.1 Å². The Morgan fingerprint density at radius 2 is 1.43 bits per heavy atom. The molecule has 1 aliphatic heterocycles. The molecule has 7 aromatic rings. The highest BCUT2D eigenvalue weighted by Gasteiger charge is 2.24. The van der Waals surface area contributed by atoms with Crippen molar-refractivity contribution in [2.75, 3.05) is 4.90 Å². The van der Waals surface area contributed by atoms with Gasteiger partial charge in [-0.2, -0.15) is 0 Å². The molecule has 40 heavy (non-hydrogen) atoms. The van der Waals surface area contributed by atoms with Gasteiger partial charge >= 0.3 is 0 Å². The molecule has 0 amide bonds. The number of pyridine rings is 1. The van der Waals surface area contributed by atoms with Gasteiger partial charge in [0.25, 0.3) is 0 Å². The summed E-state index contributed by atoms with van der Waals surface area (Å²) in [6, 6.07) is 37.1. The fourth-order valence-electron chi connectivity index (χ4n) is 6.21. The van der Waals surface area contributed by atoms with Gasteiger partial charge in [-0.25, -0.2) is 9.97 Å². The van der Waals surface area contributed by atoms with Crippen LogP contribution < -0.4 is 4.90 Å². The Labute approximate surface area is 232 Å². The zero-order chi connectivity index (χ0) is 26.6. The van der Waals surface area contributed by atoms with Crippen LogP contribution in [0, 0.1) is 0 Å². The monoisotopic (exact) mass is 517 g/mol. The Morgan fingerprint density at radius 1 is 0.625 bits per heavy atom. The predicted octanol–water partition coefficient (Wildman–Crippen LogP) is 8.15. The number of anilines is 3. The summed E-state index contributed by atoms with van der Waals surface area (Å²) in [5.74, 6) is 1.88. The van der Waals surface area contributed by atoms with E-state index in [0.717, 1.165) is 46.8 Å². The minimum atomic E-state index is 0.916. The third-order valence-corrected chi connectivity index (χ3v) is 8.10. The van der Waals surface area contributed by atoms with Crippen LogP contribution in [0.4, 0.5) is 17.1 Å². The zero-order valence-electron chi connectivity index (χ0n) is 22.2. The number of nitrogens with zero attached hydrogens (tertiary/aromatic N) is 5. The average Bonchev–Trinajstić information content (AvgIpc) is 3.53. The minimum absolute atomic E-state index is 0.916. The van der Waals surface area contributed by atoms with E-state index in [9.17, 15) is 0 Å². The van der Waals surface area contributed by atoms with Gasteiger partial charge in [-0.15, -0.1) is 0 Å². The molecule has 0 atom stereocenters. The van der Waals surface area contributed by atoms with E-state index in [1.807, 2.05) is 37.8 Å². The van der Waals surface area contributed by atoms with Gasteiger partial charge in [0.2, 0.25) is 0 Å². The fourth-order valence-corrected chi connectivity index (χ4v) is 6.21. The van der Waals surface area contributed by atoms with Gasteiger partial charge in [-0.05, 0) is 66.4 Å². The third kappa shape index (κ3) is 3.48. The topological polar surface area (TPSA) is 38.9 Å². The standard InChI is InChI=1S/C35H27N5/c1-38-21-20-37-35(38)26-16-15-25-14-13-24-8-2-4-10-30(24)39(32(25)22-26)27-17-18-29-28-9-3-5-11-31(28)40(33(29)23-27)34-12-6-7-19-36-34/h2-12,15-23H,13-14H2,1H3. The van der Waals surface area contributed by atoms with Gasteiger partial charge in [0.1, 0.15) is 11.6 Å². The molecule has 1 aliphatic rings. The molecule has 8 rings (SSSR count). The molecule has 0 saturated carbocycles. The Bertz CT molecular complexity index is 2030. The SMILES string of the molecule is Cn1ccnc1-c1ccc2c(c1)N(c1ccc3c4ccccc4n(-c4ccccn4)c3c1)c1ccccc1CC2. The second-order valence-corrected chi connectivity index (χ2v) is 10.4. The number of aromatic nitrogens is 4. The van der Waals surface area contributed by atoms with Crippen LogP contribution in [-0.2, 0) is 19.9 Å². The first-order chi connectivity index (χ1) is 19.8. The van der Waals surface area contributed by atoms with Crippen molar-refractivity contribution in [3.63, 3.8) is 0 Å². The van der Waals surface area contributed by atoms with Crippen molar-refractivity contribution in [1.82, 2.24) is 19.1 Å². The molecule has 4 heterocycles. The molecular weight excluding hydrogens is 490 g/mol. The van der Waals surface area contributed by atoms with E-state index in [4.69, 9.17) is 4.98 Å². The van der Waals surface area contributed by atoms with Crippen LogP contribution in [0.15, 0.2) is 122 Å². The molecule has 0 fully saturated rings. The quantitative estimate of drug-likeness (QED) is 0.237. The van der Waals surface area contributed by atoms with E-state index in [1.165, 1.54) is 33.3 Å². The van der Waals surface area contributed by atoms with Gasteiger partial charge in [0.05, 0.1) is 16.7 Å². The summed E-state index contributed by atoms with van der Waals surface area (Å²) >= 11 is 0. The van der Waals surface area contributed by atoms with E-state index < -0.39 is 0 Å². The summed E-state index contributed by atoms with van der Waals surface area (Å²) < 4.78 is 4.36. The number of hydrogen-bond acceptors (Lipinski definition) is 3. The van der Waals surface area contributed by atoms with Crippen molar-refractivity contribution in [2.24, 2.45) is 7.05 Å². The second kappa shape index (κ2) is 8.95. The summed E-state index contributed by atoms with van der Waals surface area (Å²) in [6.45, 7) is 0. The molecular formula is C35H27N5. The highest BCUT2D eigenvalue weighted by molar-refractivity contribution is 6.10. The summed E-state index contributed by atoms with van der Waals surface area (Å²) in [5, 5.41) is 2.44. The maximum atomic E-state index is 4.74. The van der Waals surface area contributed by atoms with Gasteiger partial charge < -0.3 is 9.47 Å². The summed E-state index contributed by atoms with van der Waals surface area (Å²) in [7, 11) is 2.05. The first-order valence-electron chi connectivity index (χ1n) is 13.7. The third-order valence-electron chi connectivity index (χ3n) is 8.10. The van der Waals surface area contributed by atoms with E-state index in [1.54, 1.807) is 0 Å². The largest absolute Gasteiger partial charge is 0.334 e. The van der Waals surface area contributed by atoms with Crippen molar-refractivity contribution >= 4 is 38.9 Å². The highest BCUT2D eigenvalue weighted by atomic mass is 15.2. The first-order valence-corrected chi connectivity index (χ1v) is 13.7. The van der Waals surface area contributed by atoms with Crippen molar-refractivity contribution in [2.45, 2.75) is 12.8 Å². The number of rotatable bonds is 3. The normalized spacial score (nSPS) is 12.9. The lowest BCUT2D eigenvalue weighted by Gasteiger charge is -2.28. The number of aryl methyl sites for hydroxylation is 3. The van der Waals surface area contributed by atoms with Gasteiger partial charge in [-0.3, -0.25) is 4.57 Å². The Hall–Kier alpha value is -5.16. The number of para-hydroxylation sites is 2. The van der Waals surface area contributed by atoms with Crippen molar-refractivity contribution in [3.8, 4) is 17.2 Å². The second-order valence-electron chi connectivity index (χ2n) is 10.4. The van der Waals surface area contributed by atoms with Gasteiger partial charge in [0, 0.05) is 53.3 Å². The van der Waals surface area contributed by atoms with Crippen molar-refractivity contribution in [1.29, 1.82) is 0 Å². The molecule has 0 bridgehead atoms. The van der Waals surface area contributed by atoms with Crippen LogP contribution in [0.2, 0.25) is 0 Å². The average molecular weight is 518 g/mol. The predicted molar refractivity (Wildman–Crippen MR) is 163 cm³/mol. The molecule has 5 heteroatoms. The van der Waals surface area contributed by atoms with E-state index in [-0.39, 0.29) is 0 Å². The lowest BCUT2D eigenvalue weighted by molar-refractivity contribution is 0.924. The fraction of sp³-hybridized carbons (Fsp3) is 0.0857. The van der Waals surface area contributed by atoms with Crippen LogP contribution in [0.5, 0.6) is 0 Å². The van der Waals surface area contributed by atoms with Crippen LogP contribution in [-0.4, -0.2) is 19.1 Å². The summed E-state index contributed by atoms with van der Waals surface area (Å²) in [4.78, 5) is 11.8. The van der Waals surface area contributed by atoms with Crippen LogP contribution in [0.3, 0.4) is 0 Å². The van der Waals surface area contributed by atoms with Crippen molar-refractivity contribution in [3.05, 3.63) is 133 Å². The smallest absolute Gasteiger partial charge is 0.139 e. The van der Waals surface area contributed by atoms with E-state index in [2.05, 4.69) is 110 Å². The molecule has 0 spiro atoms. The summed E-state index contributed by atoms with van der Waals surface area (Å²) in [5.41, 5.74) is 9.63. The zero-order valence-corrected chi connectivity index (χ0v) is 22.2. The Morgan fingerprint density at radius 3 is 2.27 bits per heavy atom. The first kappa shape index (κ1) is 22.8. The lowest BCUT2D eigenvalue weighted by atomic mass is 10.0. The molecule has 0 radical (unpaired) electrons. The number of fused-ring (bicyclic) bond motifs is 5. The highest BCUT2D eigenvalue weighted by Crippen LogP contribution is 2.44. The number of hydrogen-bond donors (Lipinski definition) is 0. The molecule has 0 aliphatic carbocycles. The molecule has 5 nitrogen and oxygen atoms in total. The molecule has 0 unspecified atom stereocenters. The Kier molecular flexibility index (Phi) is 5.10. The molecule has 192 valence electrons. The minimum Gasteiger partial charge on any atom is -0.334 e. The molecule has 3 aromatic heterocycles. The maximum Gasteiger partial charge on any atom is 0.139 e. The van der Waals surface area contributed by atoms with Gasteiger partial charge in [0.15, 0.2) is 0 Å². The van der Waals surface area contributed by atoms with Crippen LogP contribution >= 0.6 is 0 Å². The van der Waals surface area contributed by atoms with Crippen molar-refractivity contribution < 1.29 is 0 Å². The molecule has 0 N–H and O–H groups in total. The number of imidazole rings is 1.